The van der Waals surface area contributed by atoms with Crippen LogP contribution in [0, 0.1) is 0 Å². The largest absolute Gasteiger partial charge is 0.452 e. The zero-order chi connectivity index (χ0) is 21.7. The minimum absolute atomic E-state index is 0.0187. The first-order chi connectivity index (χ1) is 14.3. The summed E-state index contributed by atoms with van der Waals surface area (Å²) in [6.45, 7) is 1.38. The monoisotopic (exact) mass is 427 g/mol. The number of hydrogen-bond acceptors (Lipinski definition) is 6. The minimum atomic E-state index is -0.688. The Balaban J connectivity index is 1.66. The summed E-state index contributed by atoms with van der Waals surface area (Å²) >= 11 is 1.41. The molecule has 1 aliphatic heterocycles. The maximum Gasteiger partial charge on any atom is 0.338 e. The Kier molecular flexibility index (Phi) is 6.73. The molecule has 156 valence electrons. The molecule has 2 aromatic rings. The summed E-state index contributed by atoms with van der Waals surface area (Å²) in [6, 6.07) is 13.6. The number of para-hydroxylation sites is 1. The van der Waals surface area contributed by atoms with Crippen LogP contribution in [0.4, 0.5) is 11.4 Å². The van der Waals surface area contributed by atoms with Crippen molar-refractivity contribution in [2.24, 2.45) is 5.73 Å². The number of ether oxygens (including phenoxy) is 1. The highest BCUT2D eigenvalue weighted by Gasteiger charge is 2.24. The van der Waals surface area contributed by atoms with E-state index in [0.717, 1.165) is 4.90 Å². The summed E-state index contributed by atoms with van der Waals surface area (Å²) in [4.78, 5) is 50.2. The third-order valence-electron chi connectivity index (χ3n) is 4.42. The molecular formula is C21H21N3O5S. The number of esters is 1. The number of fused-ring (bicyclic) bond motifs is 1. The molecule has 0 fully saturated rings. The molecule has 0 aromatic heterocycles. The number of anilines is 2. The van der Waals surface area contributed by atoms with E-state index in [-0.39, 0.29) is 29.7 Å². The average Bonchev–Trinajstić information content (AvgIpc) is 2.73. The first-order valence-electron chi connectivity index (χ1n) is 9.27. The number of nitrogens with two attached hydrogens (primary N) is 1. The molecule has 3 rings (SSSR count). The second kappa shape index (κ2) is 9.45. The van der Waals surface area contributed by atoms with Gasteiger partial charge in [-0.25, -0.2) is 4.79 Å². The Labute approximate surface area is 177 Å². The van der Waals surface area contributed by atoms with Gasteiger partial charge in [0.25, 0.3) is 5.91 Å². The maximum atomic E-state index is 12.6. The number of nitrogens with zero attached hydrogens (tertiary/aromatic N) is 1. The molecule has 0 saturated carbocycles. The molecule has 3 amide bonds. The number of nitrogens with one attached hydrogen (secondary N) is 1. The second-order valence-corrected chi connectivity index (χ2v) is 8.02. The Morgan fingerprint density at radius 3 is 2.60 bits per heavy atom. The van der Waals surface area contributed by atoms with E-state index in [2.05, 4.69) is 5.32 Å². The number of rotatable bonds is 7. The average molecular weight is 427 g/mol. The Bertz CT molecular complexity index is 980. The summed E-state index contributed by atoms with van der Waals surface area (Å²) in [5.74, 6) is -1.84. The summed E-state index contributed by atoms with van der Waals surface area (Å²) in [5, 5.41) is 2.54. The molecule has 1 aliphatic rings. The molecule has 0 bridgehead atoms. The van der Waals surface area contributed by atoms with E-state index in [1.807, 2.05) is 0 Å². The van der Waals surface area contributed by atoms with Crippen molar-refractivity contribution in [1.82, 2.24) is 0 Å². The zero-order valence-electron chi connectivity index (χ0n) is 16.3. The summed E-state index contributed by atoms with van der Waals surface area (Å²) < 4.78 is 5.17. The van der Waals surface area contributed by atoms with Crippen molar-refractivity contribution in [1.29, 1.82) is 0 Å². The van der Waals surface area contributed by atoms with Gasteiger partial charge in [-0.3, -0.25) is 14.4 Å². The smallest absolute Gasteiger partial charge is 0.338 e. The van der Waals surface area contributed by atoms with Gasteiger partial charge >= 0.3 is 5.97 Å². The predicted octanol–water partition coefficient (Wildman–Crippen LogP) is 2.18. The van der Waals surface area contributed by atoms with Crippen LogP contribution in [-0.4, -0.2) is 42.1 Å². The summed E-state index contributed by atoms with van der Waals surface area (Å²) in [7, 11) is 0. The molecule has 0 spiro atoms. The van der Waals surface area contributed by atoms with Gasteiger partial charge in [0, 0.05) is 23.5 Å². The molecule has 2 aromatic carbocycles. The second-order valence-electron chi connectivity index (χ2n) is 6.63. The quantitative estimate of drug-likeness (QED) is 0.654. The molecule has 0 saturated heterocycles. The van der Waals surface area contributed by atoms with Gasteiger partial charge in [-0.15, -0.1) is 11.8 Å². The van der Waals surface area contributed by atoms with E-state index >= 15 is 0 Å². The number of benzene rings is 2. The molecule has 1 unspecified atom stereocenters. The van der Waals surface area contributed by atoms with Crippen molar-refractivity contribution < 1.29 is 23.9 Å². The van der Waals surface area contributed by atoms with E-state index < -0.39 is 24.4 Å². The van der Waals surface area contributed by atoms with Crippen LogP contribution in [0.1, 0.15) is 23.7 Å². The third-order valence-corrected chi connectivity index (χ3v) is 5.60. The minimum Gasteiger partial charge on any atom is -0.452 e. The Morgan fingerprint density at radius 2 is 1.90 bits per heavy atom. The lowest BCUT2D eigenvalue weighted by Crippen LogP contribution is -2.37. The van der Waals surface area contributed by atoms with E-state index in [1.54, 1.807) is 49.4 Å². The van der Waals surface area contributed by atoms with Crippen LogP contribution >= 0.6 is 11.8 Å². The number of amides is 3. The lowest BCUT2D eigenvalue weighted by atomic mass is 10.2. The standard InChI is InChI=1S/C21H21N3O5S/c1-13-20(27)23-16-11-14(7-8-17(16)30-13)21(28)29-12-19(26)24(10-9-18(22)25)15-5-3-2-4-6-15/h2-8,11,13H,9-10,12H2,1H3,(H2,22,25)(H,23,27). The van der Waals surface area contributed by atoms with Gasteiger partial charge in [-0.05, 0) is 37.3 Å². The van der Waals surface area contributed by atoms with Crippen LogP contribution in [0.3, 0.4) is 0 Å². The first kappa shape index (κ1) is 21.4. The predicted molar refractivity (Wildman–Crippen MR) is 113 cm³/mol. The Morgan fingerprint density at radius 1 is 1.17 bits per heavy atom. The molecular weight excluding hydrogens is 406 g/mol. The van der Waals surface area contributed by atoms with Crippen molar-refractivity contribution in [3.63, 3.8) is 0 Å². The fourth-order valence-electron chi connectivity index (χ4n) is 2.85. The number of thioether (sulfide) groups is 1. The van der Waals surface area contributed by atoms with Crippen LogP contribution in [-0.2, 0) is 19.1 Å². The van der Waals surface area contributed by atoms with Crippen molar-refractivity contribution in [2.75, 3.05) is 23.4 Å². The fourth-order valence-corrected chi connectivity index (χ4v) is 3.78. The summed E-state index contributed by atoms with van der Waals surface area (Å²) in [5.41, 5.74) is 6.53. The lowest BCUT2D eigenvalue weighted by Gasteiger charge is -2.23. The van der Waals surface area contributed by atoms with Crippen LogP contribution in [0.5, 0.6) is 0 Å². The fraction of sp³-hybridized carbons (Fsp3) is 0.238. The van der Waals surface area contributed by atoms with Crippen LogP contribution in [0.2, 0.25) is 0 Å². The maximum absolute atomic E-state index is 12.6. The molecule has 9 heteroatoms. The molecule has 8 nitrogen and oxygen atoms in total. The van der Waals surface area contributed by atoms with Crippen LogP contribution < -0.4 is 16.0 Å². The highest BCUT2D eigenvalue weighted by atomic mass is 32.2. The van der Waals surface area contributed by atoms with Gasteiger partial charge in [0.15, 0.2) is 6.61 Å². The zero-order valence-corrected chi connectivity index (χ0v) is 17.1. The number of primary amides is 1. The lowest BCUT2D eigenvalue weighted by molar-refractivity contribution is -0.122. The van der Waals surface area contributed by atoms with Gasteiger partial charge in [-0.1, -0.05) is 18.2 Å². The normalized spacial score (nSPS) is 15.0. The van der Waals surface area contributed by atoms with Gasteiger partial charge < -0.3 is 20.7 Å². The van der Waals surface area contributed by atoms with Crippen LogP contribution in [0.15, 0.2) is 53.4 Å². The van der Waals surface area contributed by atoms with Crippen molar-refractivity contribution in [2.45, 2.75) is 23.5 Å². The highest BCUT2D eigenvalue weighted by Crippen LogP contribution is 2.36. The van der Waals surface area contributed by atoms with Crippen LogP contribution in [0.25, 0.3) is 0 Å². The van der Waals surface area contributed by atoms with E-state index in [0.29, 0.717) is 11.4 Å². The SMILES string of the molecule is CC1Sc2ccc(C(=O)OCC(=O)N(CCC(N)=O)c3ccccc3)cc2NC1=O. The molecule has 3 N–H and O–H groups in total. The molecule has 1 atom stereocenters. The first-order valence-corrected chi connectivity index (χ1v) is 10.2. The molecule has 0 radical (unpaired) electrons. The molecule has 30 heavy (non-hydrogen) atoms. The number of carbonyl (C=O) groups is 4. The van der Waals surface area contributed by atoms with Gasteiger partial charge in [-0.2, -0.15) is 0 Å². The summed E-state index contributed by atoms with van der Waals surface area (Å²) in [6.07, 6.45) is -0.0187. The van der Waals surface area contributed by atoms with Gasteiger partial charge in [0.1, 0.15) is 0 Å². The molecule has 1 heterocycles. The number of hydrogen-bond donors (Lipinski definition) is 2. The van der Waals surface area contributed by atoms with Crippen molar-refractivity contribution in [3.05, 3.63) is 54.1 Å². The Hall–Kier alpha value is -3.33. The van der Waals surface area contributed by atoms with Crippen molar-refractivity contribution in [3.8, 4) is 0 Å². The topological polar surface area (TPSA) is 119 Å². The van der Waals surface area contributed by atoms with E-state index in [1.165, 1.54) is 22.7 Å². The van der Waals surface area contributed by atoms with E-state index in [4.69, 9.17) is 10.5 Å². The van der Waals surface area contributed by atoms with Crippen molar-refractivity contribution >= 4 is 46.8 Å². The van der Waals surface area contributed by atoms with Gasteiger partial charge in [0.05, 0.1) is 16.5 Å². The van der Waals surface area contributed by atoms with Gasteiger partial charge in [0.2, 0.25) is 11.8 Å². The number of carbonyl (C=O) groups excluding carboxylic acids is 4. The third kappa shape index (κ3) is 5.18. The van der Waals surface area contributed by atoms with E-state index in [9.17, 15) is 19.2 Å². The highest BCUT2D eigenvalue weighted by molar-refractivity contribution is 8.00. The molecule has 0 aliphatic carbocycles.